The molecule has 2 aromatic carbocycles. The third kappa shape index (κ3) is 3.87. The molecule has 4 N–H and O–H groups in total. The van der Waals surface area contributed by atoms with Crippen LogP contribution < -0.4 is 4.74 Å². The molecule has 3 aromatic rings. The standard InChI is InChI=1S/C26H20F6N2O6/c1-23-17-18(22(38)34(21(17)37)13-5-8-16(33-2)15(11-13)26(30,31)32)24(40-23,20(36)19(23)35)9-10-39-14-6-3-12(4-7-14)25(27,28)29/h3-8,11,19-20,35-38H,9-10H2,1H3/t19-,20+,23?,24?/m1/s1. The van der Waals surface area contributed by atoms with Gasteiger partial charge in [0.25, 0.3) is 0 Å². The predicted octanol–water partition coefficient (Wildman–Crippen LogP) is 5.12. The van der Waals surface area contributed by atoms with Crippen LogP contribution in [0.5, 0.6) is 17.5 Å². The number of benzene rings is 2. The molecule has 1 fully saturated rings. The zero-order chi connectivity index (χ0) is 29.4. The highest BCUT2D eigenvalue weighted by molar-refractivity contribution is 5.65. The molecule has 0 radical (unpaired) electrons. The van der Waals surface area contributed by atoms with Gasteiger partial charge < -0.3 is 29.9 Å². The number of ether oxygens (including phenoxy) is 2. The molecular formula is C26H20F6N2O6. The second kappa shape index (κ2) is 8.79. The third-order valence-electron chi connectivity index (χ3n) is 7.36. The molecule has 14 heteroatoms. The Morgan fingerprint density at radius 1 is 0.950 bits per heavy atom. The zero-order valence-electron chi connectivity index (χ0n) is 20.4. The average molecular weight is 570 g/mol. The van der Waals surface area contributed by atoms with Crippen LogP contribution in [0.25, 0.3) is 10.5 Å². The number of hydrogen-bond acceptors (Lipinski definition) is 6. The lowest BCUT2D eigenvalue weighted by Gasteiger charge is -2.32. The fourth-order valence-electron chi connectivity index (χ4n) is 5.49. The molecule has 2 bridgehead atoms. The van der Waals surface area contributed by atoms with Crippen molar-refractivity contribution in [2.24, 2.45) is 0 Å². The number of halogens is 6. The van der Waals surface area contributed by atoms with Gasteiger partial charge in [0.2, 0.25) is 11.8 Å². The van der Waals surface area contributed by atoms with E-state index in [0.717, 1.165) is 36.4 Å². The second-order valence-electron chi connectivity index (χ2n) is 9.65. The van der Waals surface area contributed by atoms with E-state index in [9.17, 15) is 46.8 Å². The first-order valence-electron chi connectivity index (χ1n) is 11.7. The fourth-order valence-corrected chi connectivity index (χ4v) is 5.49. The number of aliphatic hydroxyl groups is 2. The summed E-state index contributed by atoms with van der Waals surface area (Å²) in [7, 11) is 0. The Bertz CT molecular complexity index is 1530. The van der Waals surface area contributed by atoms with E-state index in [1.807, 2.05) is 0 Å². The van der Waals surface area contributed by atoms with Crippen LogP contribution in [-0.4, -0.2) is 43.8 Å². The van der Waals surface area contributed by atoms with Crippen LogP contribution >= 0.6 is 0 Å². The summed E-state index contributed by atoms with van der Waals surface area (Å²) in [5.41, 5.74) is -7.31. The van der Waals surface area contributed by atoms with E-state index in [1.54, 1.807) is 0 Å². The number of hydrogen-bond donors (Lipinski definition) is 4. The summed E-state index contributed by atoms with van der Waals surface area (Å²) in [5, 5.41) is 44.0. The van der Waals surface area contributed by atoms with Crippen LogP contribution in [0.1, 0.15) is 35.6 Å². The average Bonchev–Trinajstić information content (AvgIpc) is 3.39. The van der Waals surface area contributed by atoms with E-state index >= 15 is 0 Å². The lowest BCUT2D eigenvalue weighted by atomic mass is 9.74. The molecule has 4 atom stereocenters. The van der Waals surface area contributed by atoms with E-state index in [0.29, 0.717) is 10.6 Å². The van der Waals surface area contributed by atoms with Gasteiger partial charge in [-0.2, -0.15) is 26.3 Å². The molecule has 1 saturated heterocycles. The molecule has 0 saturated carbocycles. The van der Waals surface area contributed by atoms with Crippen LogP contribution in [0.2, 0.25) is 0 Å². The zero-order valence-corrected chi connectivity index (χ0v) is 20.4. The van der Waals surface area contributed by atoms with E-state index < -0.39 is 64.3 Å². The molecule has 0 spiro atoms. The smallest absolute Gasteiger partial charge is 0.416 e. The van der Waals surface area contributed by atoms with E-state index in [2.05, 4.69) is 4.85 Å². The molecule has 8 nitrogen and oxygen atoms in total. The number of rotatable bonds is 5. The summed E-state index contributed by atoms with van der Waals surface area (Å²) in [6, 6.07) is 6.30. The Balaban J connectivity index is 1.53. The molecular weight excluding hydrogens is 550 g/mol. The Labute approximate surface area is 222 Å². The molecule has 2 unspecified atom stereocenters. The summed E-state index contributed by atoms with van der Waals surface area (Å²) in [5.74, 6) is -1.49. The van der Waals surface area contributed by atoms with E-state index in [4.69, 9.17) is 16.0 Å². The van der Waals surface area contributed by atoms with Gasteiger partial charge in [-0.15, -0.1) is 0 Å². The largest absolute Gasteiger partial charge is 0.494 e. The number of aromatic hydroxyl groups is 2. The van der Waals surface area contributed by atoms with Crippen LogP contribution in [-0.2, 0) is 28.3 Å². The lowest BCUT2D eigenvalue weighted by molar-refractivity contribution is -0.138. The predicted molar refractivity (Wildman–Crippen MR) is 124 cm³/mol. The second-order valence-corrected chi connectivity index (χ2v) is 9.65. The van der Waals surface area contributed by atoms with Crippen molar-refractivity contribution >= 4 is 5.69 Å². The van der Waals surface area contributed by atoms with Gasteiger partial charge in [-0.25, -0.2) is 4.85 Å². The SMILES string of the molecule is [C-]#[N+]c1ccc(-n2c(O)c3c(c2O)C2(CCOc4ccc(C(F)(F)F)cc4)OC3(C)[C@H](O)[C@@H]2O)cc1C(F)(F)F. The minimum atomic E-state index is -4.92. The number of alkyl halides is 6. The van der Waals surface area contributed by atoms with Gasteiger partial charge in [0.1, 0.15) is 29.2 Å². The number of nitrogens with zero attached hydrogens (tertiary/aromatic N) is 2. The van der Waals surface area contributed by atoms with Gasteiger partial charge in [-0.3, -0.25) is 4.57 Å². The first-order chi connectivity index (χ1) is 18.6. The van der Waals surface area contributed by atoms with Gasteiger partial charge in [-0.05, 0) is 43.3 Å². The van der Waals surface area contributed by atoms with Gasteiger partial charge >= 0.3 is 12.4 Å². The van der Waals surface area contributed by atoms with Crippen LogP contribution in [0.15, 0.2) is 42.5 Å². The quantitative estimate of drug-likeness (QED) is 0.251. The molecule has 0 aliphatic carbocycles. The van der Waals surface area contributed by atoms with Crippen LogP contribution in [0.4, 0.5) is 32.0 Å². The van der Waals surface area contributed by atoms with Gasteiger partial charge in [-0.1, -0.05) is 6.07 Å². The number of aliphatic hydroxyl groups excluding tert-OH is 2. The summed E-state index contributed by atoms with van der Waals surface area (Å²) in [6.45, 7) is 8.03. The van der Waals surface area contributed by atoms with Crippen molar-refractivity contribution in [3.63, 3.8) is 0 Å². The molecule has 40 heavy (non-hydrogen) atoms. The monoisotopic (exact) mass is 570 g/mol. The van der Waals surface area contributed by atoms with Crippen molar-refractivity contribution in [2.75, 3.05) is 6.61 Å². The first-order valence-corrected chi connectivity index (χ1v) is 11.7. The van der Waals surface area contributed by atoms with Gasteiger partial charge in [0, 0.05) is 6.42 Å². The van der Waals surface area contributed by atoms with E-state index in [-0.39, 0.29) is 35.6 Å². The van der Waals surface area contributed by atoms with Gasteiger partial charge in [0.05, 0.1) is 41.1 Å². The fraction of sp³-hybridized carbons (Fsp3) is 0.346. The summed E-state index contributed by atoms with van der Waals surface area (Å²) in [6.07, 6.45) is -13.1. The molecule has 2 aliphatic rings. The van der Waals surface area contributed by atoms with Crippen molar-refractivity contribution in [1.82, 2.24) is 4.57 Å². The topological polar surface area (TPSA) is 109 Å². The third-order valence-corrected chi connectivity index (χ3v) is 7.36. The van der Waals surface area contributed by atoms with Crippen molar-refractivity contribution in [1.29, 1.82) is 0 Å². The van der Waals surface area contributed by atoms with Crippen molar-refractivity contribution in [3.05, 3.63) is 76.1 Å². The maximum Gasteiger partial charge on any atom is 0.416 e. The normalized spacial score (nSPS) is 25.6. The maximum atomic E-state index is 13.6. The van der Waals surface area contributed by atoms with Crippen molar-refractivity contribution in [2.45, 2.75) is 49.1 Å². The Morgan fingerprint density at radius 2 is 1.57 bits per heavy atom. The molecule has 1 aromatic heterocycles. The van der Waals surface area contributed by atoms with Crippen molar-refractivity contribution < 1.29 is 56.2 Å². The highest BCUT2D eigenvalue weighted by Crippen LogP contribution is 2.65. The van der Waals surface area contributed by atoms with Gasteiger partial charge in [0.15, 0.2) is 5.69 Å². The minimum absolute atomic E-state index is 0.0441. The summed E-state index contributed by atoms with van der Waals surface area (Å²) >= 11 is 0. The summed E-state index contributed by atoms with van der Waals surface area (Å²) < 4.78 is 91.4. The molecule has 2 aliphatic heterocycles. The number of aromatic nitrogens is 1. The molecule has 3 heterocycles. The molecule has 5 rings (SSSR count). The molecule has 212 valence electrons. The Morgan fingerprint density at radius 3 is 2.15 bits per heavy atom. The van der Waals surface area contributed by atoms with Crippen LogP contribution in [0.3, 0.4) is 0 Å². The van der Waals surface area contributed by atoms with Crippen LogP contribution in [0, 0.1) is 6.57 Å². The maximum absolute atomic E-state index is 13.6. The van der Waals surface area contributed by atoms with Crippen molar-refractivity contribution in [3.8, 4) is 23.2 Å². The highest BCUT2D eigenvalue weighted by Gasteiger charge is 2.71. The Kier molecular flexibility index (Phi) is 6.07. The first kappa shape index (κ1) is 27.6. The lowest BCUT2D eigenvalue weighted by Crippen LogP contribution is -2.46. The number of fused-ring (bicyclic) bond motifs is 5. The highest BCUT2D eigenvalue weighted by atomic mass is 19.4. The Hall–Kier alpha value is -3.93. The molecule has 0 amide bonds. The summed E-state index contributed by atoms with van der Waals surface area (Å²) in [4.78, 5) is 2.86. The van der Waals surface area contributed by atoms with E-state index in [1.165, 1.54) is 6.92 Å². The minimum Gasteiger partial charge on any atom is -0.494 e.